The second-order valence-electron chi connectivity index (χ2n) is 3.78. The van der Waals surface area contributed by atoms with Gasteiger partial charge in [-0.2, -0.15) is 0 Å². The molecule has 2 aromatic heterocycles. The Morgan fingerprint density at radius 2 is 2.00 bits per heavy atom. The van der Waals surface area contributed by atoms with E-state index < -0.39 is 5.82 Å². The number of halogens is 1. The van der Waals surface area contributed by atoms with E-state index in [1.807, 2.05) is 0 Å². The Bertz CT molecular complexity index is 735. The number of imidazole rings is 1. The summed E-state index contributed by atoms with van der Waals surface area (Å²) in [6.45, 7) is 0. The summed E-state index contributed by atoms with van der Waals surface area (Å²) in [5, 5.41) is 0. The highest BCUT2D eigenvalue weighted by Gasteiger charge is 2.12. The number of aromatic nitrogens is 4. The highest BCUT2D eigenvalue weighted by molar-refractivity contribution is 5.84. The third-order valence-corrected chi connectivity index (χ3v) is 2.57. The lowest BCUT2D eigenvalue weighted by Gasteiger charge is -1.99. The molecular weight excluding hydrogens is 235 g/mol. The summed E-state index contributed by atoms with van der Waals surface area (Å²) in [4.78, 5) is 14.9. The van der Waals surface area contributed by atoms with Crippen LogP contribution in [0.15, 0.2) is 24.5 Å². The average Bonchev–Trinajstić information content (AvgIpc) is 2.74. The number of hydrogen-bond donors (Lipinski definition) is 3. The van der Waals surface area contributed by atoms with Crippen LogP contribution in [-0.4, -0.2) is 19.9 Å². The third kappa shape index (κ3) is 1.53. The molecule has 90 valence electrons. The van der Waals surface area contributed by atoms with E-state index in [-0.39, 0.29) is 5.82 Å². The van der Waals surface area contributed by atoms with Crippen molar-refractivity contribution < 1.29 is 4.39 Å². The van der Waals surface area contributed by atoms with Crippen molar-refractivity contribution in [2.45, 2.75) is 0 Å². The number of aromatic amines is 1. The number of nitrogens with one attached hydrogen (secondary N) is 1. The minimum atomic E-state index is -0.458. The first kappa shape index (κ1) is 10.5. The van der Waals surface area contributed by atoms with Gasteiger partial charge in [0.25, 0.3) is 0 Å². The molecule has 0 aliphatic heterocycles. The maximum atomic E-state index is 13.8. The number of nitrogen functional groups attached to an aromatic ring is 2. The van der Waals surface area contributed by atoms with Gasteiger partial charge < -0.3 is 16.5 Å². The minimum absolute atomic E-state index is 0.273. The Morgan fingerprint density at radius 3 is 2.72 bits per heavy atom. The van der Waals surface area contributed by atoms with Gasteiger partial charge in [0.1, 0.15) is 23.5 Å². The van der Waals surface area contributed by atoms with Gasteiger partial charge in [-0.3, -0.25) is 0 Å². The van der Waals surface area contributed by atoms with E-state index in [0.717, 1.165) is 0 Å². The quantitative estimate of drug-likeness (QED) is 0.560. The zero-order chi connectivity index (χ0) is 12.7. The fourth-order valence-corrected chi connectivity index (χ4v) is 1.70. The molecule has 7 heteroatoms. The number of anilines is 2. The predicted octanol–water partition coefficient (Wildman–Crippen LogP) is 1.32. The molecule has 0 aliphatic carbocycles. The molecule has 0 bridgehead atoms. The highest BCUT2D eigenvalue weighted by Crippen LogP contribution is 2.24. The molecule has 18 heavy (non-hydrogen) atoms. The fraction of sp³-hybridized carbons (Fsp3) is 0. The number of rotatable bonds is 1. The molecule has 3 aromatic rings. The molecular formula is C11H9FN6. The van der Waals surface area contributed by atoms with Gasteiger partial charge in [0.05, 0.1) is 5.56 Å². The SMILES string of the molecule is Nc1ccc(-c2nc3ncnc(N)c3[nH]2)c(F)c1. The lowest BCUT2D eigenvalue weighted by Crippen LogP contribution is -1.92. The predicted molar refractivity (Wildman–Crippen MR) is 65.9 cm³/mol. The largest absolute Gasteiger partial charge is 0.399 e. The van der Waals surface area contributed by atoms with Crippen LogP contribution in [0.3, 0.4) is 0 Å². The average molecular weight is 244 g/mol. The summed E-state index contributed by atoms with van der Waals surface area (Å²) in [6.07, 6.45) is 1.31. The van der Waals surface area contributed by atoms with E-state index in [9.17, 15) is 4.39 Å². The third-order valence-electron chi connectivity index (χ3n) is 2.57. The van der Waals surface area contributed by atoms with Gasteiger partial charge in [0.15, 0.2) is 11.5 Å². The van der Waals surface area contributed by atoms with Gasteiger partial charge in [-0.05, 0) is 18.2 Å². The van der Waals surface area contributed by atoms with Gasteiger partial charge in [0, 0.05) is 5.69 Å². The van der Waals surface area contributed by atoms with Gasteiger partial charge in [0.2, 0.25) is 0 Å². The van der Waals surface area contributed by atoms with E-state index in [1.165, 1.54) is 12.4 Å². The first-order valence-electron chi connectivity index (χ1n) is 5.17. The van der Waals surface area contributed by atoms with Crippen LogP contribution in [0.4, 0.5) is 15.9 Å². The summed E-state index contributed by atoms with van der Waals surface area (Å²) in [5.74, 6) is 0.157. The van der Waals surface area contributed by atoms with Crippen LogP contribution in [0.5, 0.6) is 0 Å². The van der Waals surface area contributed by atoms with Crippen molar-refractivity contribution in [3.05, 3.63) is 30.3 Å². The number of hydrogen-bond acceptors (Lipinski definition) is 5. The molecule has 0 fully saturated rings. The smallest absolute Gasteiger partial charge is 0.183 e. The minimum Gasteiger partial charge on any atom is -0.399 e. The zero-order valence-corrected chi connectivity index (χ0v) is 9.18. The molecule has 3 rings (SSSR count). The maximum Gasteiger partial charge on any atom is 0.183 e. The topological polar surface area (TPSA) is 106 Å². The molecule has 0 unspecified atom stereocenters. The second kappa shape index (κ2) is 3.66. The van der Waals surface area contributed by atoms with Crippen molar-refractivity contribution in [3.8, 4) is 11.4 Å². The van der Waals surface area contributed by atoms with E-state index in [1.54, 1.807) is 12.1 Å². The Balaban J connectivity index is 2.23. The zero-order valence-electron chi connectivity index (χ0n) is 9.18. The number of fused-ring (bicyclic) bond motifs is 1. The van der Waals surface area contributed by atoms with Crippen LogP contribution >= 0.6 is 0 Å². The van der Waals surface area contributed by atoms with Crippen LogP contribution < -0.4 is 11.5 Å². The van der Waals surface area contributed by atoms with Gasteiger partial charge >= 0.3 is 0 Å². The van der Waals surface area contributed by atoms with E-state index in [0.29, 0.717) is 28.2 Å². The van der Waals surface area contributed by atoms with Crippen molar-refractivity contribution in [3.63, 3.8) is 0 Å². The van der Waals surface area contributed by atoms with Crippen LogP contribution in [0.25, 0.3) is 22.6 Å². The van der Waals surface area contributed by atoms with Crippen LogP contribution in [0.2, 0.25) is 0 Å². The molecule has 0 spiro atoms. The molecule has 0 atom stereocenters. The Kier molecular flexibility index (Phi) is 2.12. The molecule has 0 saturated heterocycles. The van der Waals surface area contributed by atoms with Gasteiger partial charge in [-0.15, -0.1) is 0 Å². The normalized spacial score (nSPS) is 10.9. The van der Waals surface area contributed by atoms with Gasteiger partial charge in [-0.25, -0.2) is 19.3 Å². The number of nitrogens with zero attached hydrogens (tertiary/aromatic N) is 3. The van der Waals surface area contributed by atoms with Crippen LogP contribution in [0, 0.1) is 5.82 Å². The van der Waals surface area contributed by atoms with E-state index >= 15 is 0 Å². The number of nitrogens with two attached hydrogens (primary N) is 2. The lowest BCUT2D eigenvalue weighted by molar-refractivity contribution is 0.631. The molecule has 5 N–H and O–H groups in total. The molecule has 0 saturated carbocycles. The van der Waals surface area contributed by atoms with Crippen molar-refractivity contribution in [1.82, 2.24) is 19.9 Å². The number of benzene rings is 1. The van der Waals surface area contributed by atoms with Crippen LogP contribution in [-0.2, 0) is 0 Å². The van der Waals surface area contributed by atoms with Crippen molar-refractivity contribution >= 4 is 22.7 Å². The van der Waals surface area contributed by atoms with E-state index in [2.05, 4.69) is 19.9 Å². The summed E-state index contributed by atoms with van der Waals surface area (Å²) in [6, 6.07) is 4.38. The Hall–Kier alpha value is -2.70. The molecule has 0 aliphatic rings. The summed E-state index contributed by atoms with van der Waals surface area (Å²) in [7, 11) is 0. The van der Waals surface area contributed by atoms with Crippen molar-refractivity contribution in [2.24, 2.45) is 0 Å². The maximum absolute atomic E-state index is 13.8. The molecule has 6 nitrogen and oxygen atoms in total. The van der Waals surface area contributed by atoms with Crippen molar-refractivity contribution in [2.75, 3.05) is 11.5 Å². The molecule has 2 heterocycles. The molecule has 1 aromatic carbocycles. The van der Waals surface area contributed by atoms with Gasteiger partial charge in [-0.1, -0.05) is 0 Å². The van der Waals surface area contributed by atoms with E-state index in [4.69, 9.17) is 11.5 Å². The highest BCUT2D eigenvalue weighted by atomic mass is 19.1. The summed E-state index contributed by atoms with van der Waals surface area (Å²) in [5.41, 5.74) is 12.7. The second-order valence-corrected chi connectivity index (χ2v) is 3.78. The Morgan fingerprint density at radius 1 is 1.17 bits per heavy atom. The molecule has 0 amide bonds. The lowest BCUT2D eigenvalue weighted by atomic mass is 10.2. The Labute approximate surface area is 101 Å². The number of H-pyrrole nitrogens is 1. The first-order chi connectivity index (χ1) is 8.65. The first-order valence-corrected chi connectivity index (χ1v) is 5.17. The molecule has 0 radical (unpaired) electrons. The fourth-order valence-electron chi connectivity index (χ4n) is 1.70. The summed E-state index contributed by atoms with van der Waals surface area (Å²) >= 11 is 0. The van der Waals surface area contributed by atoms with Crippen LogP contribution in [0.1, 0.15) is 0 Å². The van der Waals surface area contributed by atoms with Crippen molar-refractivity contribution in [1.29, 1.82) is 0 Å². The standard InChI is InChI=1S/C11H9FN6/c12-7-3-5(13)1-2-6(7)10-17-8-9(14)15-4-16-11(8)18-10/h1-4H,13H2,(H3,14,15,16,17,18). The summed E-state index contributed by atoms with van der Waals surface area (Å²) < 4.78 is 13.8. The monoisotopic (exact) mass is 244 g/mol.